The van der Waals surface area contributed by atoms with Crippen LogP contribution >= 0.6 is 0 Å². The molecule has 0 amide bonds. The lowest BCUT2D eigenvalue weighted by molar-refractivity contribution is 0.615. The first kappa shape index (κ1) is 19.0. The lowest BCUT2D eigenvalue weighted by Crippen LogP contribution is -1.94. The Hall–Kier alpha value is -2.02. The fourth-order valence-electron chi connectivity index (χ4n) is 1.39. The fraction of sp³-hybridized carbons (Fsp3) is 0. The van der Waals surface area contributed by atoms with Crippen molar-refractivity contribution in [1.82, 2.24) is 0 Å². The molecule has 0 spiro atoms. The van der Waals surface area contributed by atoms with Crippen molar-refractivity contribution in [2.75, 3.05) is 0 Å². The Morgan fingerprint density at radius 1 is 0.957 bits per heavy atom. The molecule has 6 heteroatoms. The molecule has 2 rings (SSSR count). The summed E-state index contributed by atoms with van der Waals surface area (Å²) in [5, 5.41) is 1.37. The Morgan fingerprint density at radius 3 is 1.87 bits per heavy atom. The second-order valence-electron chi connectivity index (χ2n) is 4.13. The highest BCUT2D eigenvalue weighted by Crippen LogP contribution is 2.05. The van der Waals surface area contributed by atoms with Gasteiger partial charge in [-0.2, -0.15) is 0 Å². The van der Waals surface area contributed by atoms with Crippen molar-refractivity contribution < 1.29 is 17.5 Å². The summed E-state index contributed by atoms with van der Waals surface area (Å²) < 4.78 is 46.7. The molecule has 1 atom stereocenters. The minimum atomic E-state index is -1.37. The predicted octanol–water partition coefficient (Wildman–Crippen LogP) is 3.99. The lowest BCUT2D eigenvalue weighted by Gasteiger charge is -1.95. The molecule has 2 nitrogen and oxygen atoms in total. The van der Waals surface area contributed by atoms with Crippen LogP contribution in [0, 0.1) is 11.6 Å². The SMILES string of the molecule is C=Cc1ccc(F)cc1.O=S=C[S+]([O-])C=Cc1ccc(F)cc1. The molecule has 0 saturated heterocycles. The second-order valence-corrected chi connectivity index (χ2v) is 6.02. The molecule has 0 aliphatic carbocycles. The van der Waals surface area contributed by atoms with Crippen LogP contribution in [0.1, 0.15) is 11.1 Å². The Balaban J connectivity index is 0.000000253. The summed E-state index contributed by atoms with van der Waals surface area (Å²) in [6.45, 7) is 3.54. The maximum Gasteiger partial charge on any atom is 0.214 e. The van der Waals surface area contributed by atoms with Gasteiger partial charge in [0.2, 0.25) is 4.70 Å². The smallest absolute Gasteiger partial charge is 0.214 e. The van der Waals surface area contributed by atoms with Crippen molar-refractivity contribution in [1.29, 1.82) is 0 Å². The highest BCUT2D eigenvalue weighted by Gasteiger charge is 1.95. The van der Waals surface area contributed by atoms with Gasteiger partial charge in [0.15, 0.2) is 0 Å². The summed E-state index contributed by atoms with van der Waals surface area (Å²) in [4.78, 5) is 0. The zero-order valence-electron chi connectivity index (χ0n) is 12.0. The van der Waals surface area contributed by atoms with E-state index < -0.39 is 11.2 Å². The molecule has 0 aliphatic rings. The van der Waals surface area contributed by atoms with E-state index in [1.807, 2.05) is 0 Å². The Labute approximate surface area is 140 Å². The molecular weight excluding hydrogens is 338 g/mol. The van der Waals surface area contributed by atoms with Crippen molar-refractivity contribution in [2.24, 2.45) is 0 Å². The van der Waals surface area contributed by atoms with Crippen molar-refractivity contribution in [3.63, 3.8) is 0 Å². The molecule has 0 saturated carbocycles. The standard InChI is InChI=1S/C9H7FO2S2.C8H7F/c10-9-3-1-8(2-4-9)5-6-14(12)7-13-11;1-2-7-3-5-8(9)6-4-7/h1-7H;2-6H,1H2. The largest absolute Gasteiger partial charge is 0.607 e. The topological polar surface area (TPSA) is 40.1 Å². The molecule has 0 aliphatic heterocycles. The zero-order chi connectivity index (χ0) is 17.1. The van der Waals surface area contributed by atoms with Crippen LogP contribution in [-0.2, 0) is 22.4 Å². The summed E-state index contributed by atoms with van der Waals surface area (Å²) in [5.74, 6) is -0.523. The first-order valence-corrected chi connectivity index (χ1v) is 8.46. The van der Waals surface area contributed by atoms with Gasteiger partial charge in [-0.25, -0.2) is 13.0 Å². The lowest BCUT2D eigenvalue weighted by atomic mass is 10.2. The van der Waals surface area contributed by atoms with E-state index in [1.165, 1.54) is 29.7 Å². The molecule has 120 valence electrons. The van der Waals surface area contributed by atoms with Gasteiger partial charge < -0.3 is 4.55 Å². The van der Waals surface area contributed by atoms with E-state index in [4.69, 9.17) is 0 Å². The molecule has 2 aromatic rings. The maximum absolute atomic E-state index is 12.5. The molecule has 2 aromatic carbocycles. The van der Waals surface area contributed by atoms with E-state index in [0.717, 1.165) is 15.8 Å². The van der Waals surface area contributed by atoms with Crippen LogP contribution in [0.25, 0.3) is 12.2 Å². The number of rotatable bonds is 4. The molecule has 0 fully saturated rings. The van der Waals surface area contributed by atoms with Crippen LogP contribution < -0.4 is 0 Å². The van der Waals surface area contributed by atoms with Crippen LogP contribution in [-0.4, -0.2) is 13.5 Å². The van der Waals surface area contributed by atoms with Crippen LogP contribution in [0.15, 0.2) is 60.5 Å². The first-order chi connectivity index (χ1) is 11.0. The minimum absolute atomic E-state index is 0.161. The van der Waals surface area contributed by atoms with Crippen LogP contribution in [0.2, 0.25) is 0 Å². The quantitative estimate of drug-likeness (QED) is 0.617. The van der Waals surface area contributed by atoms with Crippen molar-refractivity contribution in [3.05, 3.63) is 83.3 Å². The molecule has 23 heavy (non-hydrogen) atoms. The van der Waals surface area contributed by atoms with E-state index in [1.54, 1.807) is 36.4 Å². The third kappa shape index (κ3) is 8.25. The molecule has 0 radical (unpaired) electrons. The highest BCUT2D eigenvalue weighted by atomic mass is 32.2. The molecule has 0 heterocycles. The number of hydrogen-bond acceptors (Lipinski definition) is 2. The van der Waals surface area contributed by atoms with E-state index >= 15 is 0 Å². The molecule has 0 N–H and O–H groups in total. The van der Waals surface area contributed by atoms with Gasteiger partial charge in [-0.3, -0.25) is 0 Å². The third-order valence-corrected chi connectivity index (χ3v) is 3.98. The molecule has 1 unspecified atom stereocenters. The fourth-order valence-corrected chi connectivity index (χ4v) is 2.25. The summed E-state index contributed by atoms with van der Waals surface area (Å²) in [6.07, 6.45) is 3.25. The molecule has 0 bridgehead atoms. The zero-order valence-corrected chi connectivity index (χ0v) is 13.7. The Kier molecular flexibility index (Phi) is 8.82. The van der Waals surface area contributed by atoms with Gasteiger partial charge >= 0.3 is 0 Å². The van der Waals surface area contributed by atoms with Gasteiger partial charge in [0.05, 0.1) is 0 Å². The molecular formula is C17H14F2O2S2. The van der Waals surface area contributed by atoms with E-state index in [9.17, 15) is 17.5 Å². The number of hydrogen-bond donors (Lipinski definition) is 0. The monoisotopic (exact) mass is 352 g/mol. The summed E-state index contributed by atoms with van der Waals surface area (Å²) in [6, 6.07) is 11.9. The molecule has 0 aromatic heterocycles. The van der Waals surface area contributed by atoms with Crippen molar-refractivity contribution >= 4 is 39.3 Å². The predicted molar refractivity (Wildman–Crippen MR) is 94.3 cm³/mol. The average molecular weight is 352 g/mol. The average Bonchev–Trinajstić information content (AvgIpc) is 2.56. The van der Waals surface area contributed by atoms with E-state index in [-0.39, 0.29) is 22.9 Å². The van der Waals surface area contributed by atoms with E-state index in [2.05, 4.69) is 6.58 Å². The summed E-state index contributed by atoms with van der Waals surface area (Å²) in [7, 11) is 0. The third-order valence-electron chi connectivity index (χ3n) is 2.50. The van der Waals surface area contributed by atoms with Gasteiger partial charge in [-0.05, 0) is 41.5 Å². The minimum Gasteiger partial charge on any atom is -0.607 e. The normalized spacial score (nSPS) is 11.3. The maximum atomic E-state index is 12.5. The number of benzene rings is 2. The first-order valence-electron chi connectivity index (χ1n) is 6.38. The Morgan fingerprint density at radius 2 is 1.43 bits per heavy atom. The van der Waals surface area contributed by atoms with Gasteiger partial charge in [0.1, 0.15) is 28.3 Å². The van der Waals surface area contributed by atoms with Gasteiger partial charge in [-0.15, -0.1) is 0 Å². The van der Waals surface area contributed by atoms with Crippen LogP contribution in [0.5, 0.6) is 0 Å². The van der Waals surface area contributed by atoms with Crippen LogP contribution in [0.4, 0.5) is 8.78 Å². The van der Waals surface area contributed by atoms with Crippen molar-refractivity contribution in [3.8, 4) is 0 Å². The van der Waals surface area contributed by atoms with Gasteiger partial charge in [0, 0.05) is 11.2 Å². The number of halogens is 2. The van der Waals surface area contributed by atoms with E-state index in [0.29, 0.717) is 0 Å². The van der Waals surface area contributed by atoms with Gasteiger partial charge in [-0.1, -0.05) is 36.9 Å². The summed E-state index contributed by atoms with van der Waals surface area (Å²) in [5.41, 5.74) is 1.68. The summed E-state index contributed by atoms with van der Waals surface area (Å²) >= 11 is -1.21. The Bertz CT molecular complexity index is 692. The second kappa shape index (κ2) is 10.7. The van der Waals surface area contributed by atoms with Gasteiger partial charge in [0.25, 0.3) is 0 Å². The highest BCUT2D eigenvalue weighted by molar-refractivity contribution is 8.14. The van der Waals surface area contributed by atoms with Crippen molar-refractivity contribution in [2.45, 2.75) is 0 Å². The van der Waals surface area contributed by atoms with Crippen LogP contribution in [0.3, 0.4) is 0 Å².